The second-order valence-corrected chi connectivity index (χ2v) is 7.51. The number of hydrogen-bond acceptors (Lipinski definition) is 5. The van der Waals surface area contributed by atoms with Gasteiger partial charge in [-0.25, -0.2) is 23.1 Å². The van der Waals surface area contributed by atoms with Crippen molar-refractivity contribution in [1.29, 1.82) is 0 Å². The summed E-state index contributed by atoms with van der Waals surface area (Å²) in [7, 11) is 3.39. The Hall–Kier alpha value is -3.62. The van der Waals surface area contributed by atoms with E-state index in [0.29, 0.717) is 28.3 Å². The summed E-state index contributed by atoms with van der Waals surface area (Å²) in [4.78, 5) is 9.00. The molecule has 0 aliphatic rings. The lowest BCUT2D eigenvalue weighted by molar-refractivity contribution is 0.146. The van der Waals surface area contributed by atoms with Gasteiger partial charge in [0.15, 0.2) is 0 Å². The van der Waals surface area contributed by atoms with E-state index in [1.807, 2.05) is 19.3 Å². The molecule has 0 bridgehead atoms. The summed E-state index contributed by atoms with van der Waals surface area (Å²) in [6.07, 6.45) is 0.717. The third-order valence-corrected chi connectivity index (χ3v) is 5.26. The number of nitrogens with one attached hydrogen (secondary N) is 1. The minimum atomic E-state index is -2.89. The number of aromatic nitrogens is 4. The van der Waals surface area contributed by atoms with Crippen molar-refractivity contribution in [2.75, 3.05) is 12.4 Å². The van der Waals surface area contributed by atoms with Crippen molar-refractivity contribution in [3.05, 3.63) is 65.5 Å². The molecular formula is C23H22F3N5O. The van der Waals surface area contributed by atoms with Gasteiger partial charge in [0.1, 0.15) is 23.2 Å². The molecular weight excluding hydrogens is 419 g/mol. The van der Waals surface area contributed by atoms with E-state index in [4.69, 9.17) is 4.74 Å². The molecule has 0 saturated carbocycles. The van der Waals surface area contributed by atoms with Crippen LogP contribution >= 0.6 is 0 Å². The van der Waals surface area contributed by atoms with Crippen LogP contribution in [0.5, 0.6) is 5.75 Å². The van der Waals surface area contributed by atoms with Gasteiger partial charge in [0.05, 0.1) is 30.4 Å². The highest BCUT2D eigenvalue weighted by Gasteiger charge is 2.21. The van der Waals surface area contributed by atoms with Crippen LogP contribution in [0.4, 0.5) is 19.0 Å². The quantitative estimate of drug-likeness (QED) is 0.422. The summed E-state index contributed by atoms with van der Waals surface area (Å²) in [5.74, 6) is 0.641. The molecule has 2 heterocycles. The Morgan fingerprint density at radius 2 is 1.88 bits per heavy atom. The first-order chi connectivity index (χ1) is 15.3. The Bertz CT molecular complexity index is 1290. The Morgan fingerprint density at radius 3 is 2.53 bits per heavy atom. The van der Waals surface area contributed by atoms with Gasteiger partial charge in [-0.15, -0.1) is 0 Å². The first kappa shape index (κ1) is 21.6. The number of benzene rings is 2. The predicted octanol–water partition coefficient (Wildman–Crippen LogP) is 5.60. The smallest absolute Gasteiger partial charge is 0.266 e. The molecule has 0 fully saturated rings. The van der Waals surface area contributed by atoms with Crippen LogP contribution in [0.1, 0.15) is 36.3 Å². The van der Waals surface area contributed by atoms with Gasteiger partial charge < -0.3 is 10.1 Å². The van der Waals surface area contributed by atoms with E-state index in [9.17, 15) is 13.2 Å². The third-order valence-electron chi connectivity index (χ3n) is 5.26. The van der Waals surface area contributed by atoms with Gasteiger partial charge in [-0.1, -0.05) is 18.2 Å². The number of alkyl halides is 2. The molecule has 0 saturated heterocycles. The van der Waals surface area contributed by atoms with Crippen LogP contribution in [0.25, 0.3) is 22.0 Å². The highest BCUT2D eigenvalue weighted by molar-refractivity contribution is 5.94. The summed E-state index contributed by atoms with van der Waals surface area (Å²) >= 11 is 0. The van der Waals surface area contributed by atoms with E-state index in [1.165, 1.54) is 12.1 Å². The molecule has 32 heavy (non-hydrogen) atoms. The Morgan fingerprint density at radius 1 is 1.12 bits per heavy atom. The molecule has 1 N–H and O–H groups in total. The molecule has 2 aromatic heterocycles. The number of rotatable bonds is 6. The highest BCUT2D eigenvalue weighted by atomic mass is 19.3. The van der Waals surface area contributed by atoms with Crippen LogP contribution in [0, 0.1) is 12.7 Å². The summed E-state index contributed by atoms with van der Waals surface area (Å²) in [6.45, 7) is 3.44. The molecule has 2 aromatic carbocycles. The monoisotopic (exact) mass is 441 g/mol. The van der Waals surface area contributed by atoms with E-state index in [2.05, 4.69) is 20.4 Å². The molecule has 4 rings (SSSR count). The predicted molar refractivity (Wildman–Crippen MR) is 116 cm³/mol. The van der Waals surface area contributed by atoms with E-state index in [0.717, 1.165) is 17.2 Å². The Balaban J connectivity index is 1.79. The van der Waals surface area contributed by atoms with Crippen LogP contribution in [-0.4, -0.2) is 26.9 Å². The molecule has 0 aliphatic carbocycles. The van der Waals surface area contributed by atoms with Gasteiger partial charge in [-0.2, -0.15) is 5.10 Å². The summed E-state index contributed by atoms with van der Waals surface area (Å²) < 4.78 is 48.2. The topological polar surface area (TPSA) is 64.9 Å². The van der Waals surface area contributed by atoms with Crippen molar-refractivity contribution in [2.45, 2.75) is 26.3 Å². The van der Waals surface area contributed by atoms with Crippen molar-refractivity contribution in [3.63, 3.8) is 0 Å². The number of hydrogen-bond donors (Lipinski definition) is 1. The second kappa shape index (κ2) is 8.49. The molecule has 0 spiro atoms. The standard InChI is InChI=1S/C23H22F3N5O/c1-12(15-6-5-7-16(21(15)24)22(25)26)28-23-18-9-20(32-4)17(14-10-27-31(3)11-14)8-19(18)29-13(2)30-23/h5-12,22H,1-4H3,(H,28,29,30)/t12-/m1/s1. The van der Waals surface area contributed by atoms with Gasteiger partial charge in [0, 0.05) is 35.3 Å². The van der Waals surface area contributed by atoms with Gasteiger partial charge in [0.25, 0.3) is 6.43 Å². The van der Waals surface area contributed by atoms with Crippen LogP contribution in [-0.2, 0) is 7.05 Å². The highest BCUT2D eigenvalue weighted by Crippen LogP contribution is 2.36. The Labute approximate surface area is 183 Å². The fraction of sp³-hybridized carbons (Fsp3) is 0.261. The number of halogens is 3. The van der Waals surface area contributed by atoms with Gasteiger partial charge in [0.2, 0.25) is 0 Å². The SMILES string of the molecule is COc1cc2c(N[C@H](C)c3cccc(C(F)F)c3F)nc(C)nc2cc1-c1cnn(C)c1. The van der Waals surface area contributed by atoms with Crippen LogP contribution in [0.2, 0.25) is 0 Å². The average molecular weight is 441 g/mol. The lowest BCUT2D eigenvalue weighted by atomic mass is 10.0. The van der Waals surface area contributed by atoms with E-state index in [1.54, 1.807) is 37.9 Å². The van der Waals surface area contributed by atoms with Gasteiger partial charge in [-0.3, -0.25) is 4.68 Å². The van der Waals surface area contributed by atoms with Crippen molar-refractivity contribution in [1.82, 2.24) is 19.7 Å². The second-order valence-electron chi connectivity index (χ2n) is 7.51. The maximum Gasteiger partial charge on any atom is 0.266 e. The van der Waals surface area contributed by atoms with Gasteiger partial charge in [-0.05, 0) is 26.0 Å². The fourth-order valence-corrected chi connectivity index (χ4v) is 3.69. The summed E-state index contributed by atoms with van der Waals surface area (Å²) in [6, 6.07) is 7.06. The summed E-state index contributed by atoms with van der Waals surface area (Å²) in [5.41, 5.74) is 1.86. The average Bonchev–Trinajstić information content (AvgIpc) is 3.18. The zero-order chi connectivity index (χ0) is 23.0. The number of ether oxygens (including phenoxy) is 1. The fourth-order valence-electron chi connectivity index (χ4n) is 3.69. The van der Waals surface area contributed by atoms with E-state index in [-0.39, 0.29) is 5.56 Å². The first-order valence-electron chi connectivity index (χ1n) is 9.97. The molecule has 1 atom stereocenters. The minimum absolute atomic E-state index is 0.131. The minimum Gasteiger partial charge on any atom is -0.496 e. The lowest BCUT2D eigenvalue weighted by Gasteiger charge is -2.19. The zero-order valence-electron chi connectivity index (χ0n) is 18.0. The molecule has 6 nitrogen and oxygen atoms in total. The van der Waals surface area contributed by atoms with Crippen molar-refractivity contribution in [2.24, 2.45) is 7.05 Å². The number of anilines is 1. The van der Waals surface area contributed by atoms with Crippen molar-refractivity contribution in [3.8, 4) is 16.9 Å². The molecule has 166 valence electrons. The van der Waals surface area contributed by atoms with Crippen molar-refractivity contribution < 1.29 is 17.9 Å². The van der Waals surface area contributed by atoms with E-state index >= 15 is 0 Å². The van der Waals surface area contributed by atoms with E-state index < -0.39 is 23.8 Å². The number of methoxy groups -OCH3 is 1. The van der Waals surface area contributed by atoms with Crippen LogP contribution in [0.15, 0.2) is 42.7 Å². The summed E-state index contributed by atoms with van der Waals surface area (Å²) in [5, 5.41) is 8.03. The number of nitrogens with zero attached hydrogens (tertiary/aromatic N) is 4. The van der Waals surface area contributed by atoms with Crippen LogP contribution < -0.4 is 10.1 Å². The molecule has 0 aliphatic heterocycles. The van der Waals surface area contributed by atoms with Crippen LogP contribution in [0.3, 0.4) is 0 Å². The Kier molecular flexibility index (Phi) is 5.73. The number of aryl methyl sites for hydroxylation is 2. The molecule has 0 radical (unpaired) electrons. The normalized spacial score (nSPS) is 12.4. The largest absolute Gasteiger partial charge is 0.496 e. The molecule has 4 aromatic rings. The molecule has 0 amide bonds. The lowest BCUT2D eigenvalue weighted by Crippen LogP contribution is -2.12. The zero-order valence-corrected chi connectivity index (χ0v) is 18.0. The van der Waals surface area contributed by atoms with Crippen molar-refractivity contribution >= 4 is 16.7 Å². The maximum atomic E-state index is 14.7. The molecule has 9 heteroatoms. The number of fused-ring (bicyclic) bond motifs is 1. The third kappa shape index (κ3) is 3.98. The first-order valence-corrected chi connectivity index (χ1v) is 9.97. The molecule has 0 unspecified atom stereocenters. The maximum absolute atomic E-state index is 14.7. The van der Waals surface area contributed by atoms with Gasteiger partial charge >= 0.3 is 0 Å².